The monoisotopic (exact) mass is 389 g/mol. The summed E-state index contributed by atoms with van der Waals surface area (Å²) in [5.41, 5.74) is 0.738. The van der Waals surface area contributed by atoms with Crippen molar-refractivity contribution in [1.82, 2.24) is 9.97 Å². The van der Waals surface area contributed by atoms with Crippen molar-refractivity contribution < 1.29 is 18.3 Å². The van der Waals surface area contributed by atoms with E-state index in [1.807, 2.05) is 6.07 Å². The number of hydrogen-bond acceptors (Lipinski definition) is 8. The van der Waals surface area contributed by atoms with Crippen molar-refractivity contribution >= 4 is 21.7 Å². The van der Waals surface area contributed by atoms with Gasteiger partial charge in [0.05, 0.1) is 23.8 Å². The molecule has 9 nitrogen and oxygen atoms in total. The summed E-state index contributed by atoms with van der Waals surface area (Å²) in [5, 5.41) is 27.1. The Morgan fingerprint density at radius 3 is 2.67 bits per heavy atom. The fourth-order valence-electron chi connectivity index (χ4n) is 2.87. The van der Waals surface area contributed by atoms with Crippen molar-refractivity contribution in [3.63, 3.8) is 0 Å². The average Bonchev–Trinajstić information content (AvgIpc) is 3.05. The number of anilines is 2. The molecule has 0 saturated heterocycles. The van der Waals surface area contributed by atoms with Crippen LogP contribution in [0, 0.1) is 17.2 Å². The summed E-state index contributed by atoms with van der Waals surface area (Å²) in [4.78, 5) is 8.25. The standard InChI is InChI=1S/C17H19N5O4S/c18-8-12-9-20-17(21-13-4-6-14(7-5-13)27(19,24)25)22-16(12)26-10-11-2-1-3-15(11)23/h4-7,9,11,15,23H,1-3,10H2,(H2,19,24,25)(H,20,21,22). The lowest BCUT2D eigenvalue weighted by Crippen LogP contribution is -2.21. The van der Waals surface area contributed by atoms with Crippen LogP contribution in [-0.4, -0.2) is 36.2 Å². The molecule has 1 fully saturated rings. The maximum atomic E-state index is 11.3. The van der Waals surface area contributed by atoms with Gasteiger partial charge >= 0.3 is 0 Å². The van der Waals surface area contributed by atoms with Gasteiger partial charge in [0, 0.05) is 11.6 Å². The highest BCUT2D eigenvalue weighted by molar-refractivity contribution is 7.89. The topological polar surface area (TPSA) is 151 Å². The minimum atomic E-state index is -3.76. The third-order valence-corrected chi connectivity index (χ3v) is 5.30. The number of sulfonamides is 1. The lowest BCUT2D eigenvalue weighted by Gasteiger charge is -2.15. The van der Waals surface area contributed by atoms with Gasteiger partial charge in [0.1, 0.15) is 11.6 Å². The number of nitrogens with one attached hydrogen (secondary N) is 1. The molecule has 0 amide bonds. The minimum Gasteiger partial charge on any atom is -0.476 e. The van der Waals surface area contributed by atoms with Crippen LogP contribution in [0.25, 0.3) is 0 Å². The van der Waals surface area contributed by atoms with Gasteiger partial charge in [-0.05, 0) is 37.1 Å². The highest BCUT2D eigenvalue weighted by atomic mass is 32.2. The van der Waals surface area contributed by atoms with Crippen molar-refractivity contribution in [2.75, 3.05) is 11.9 Å². The lowest BCUT2D eigenvalue weighted by atomic mass is 10.1. The van der Waals surface area contributed by atoms with Crippen LogP contribution in [0.3, 0.4) is 0 Å². The largest absolute Gasteiger partial charge is 0.476 e. The molecule has 0 aliphatic heterocycles. The van der Waals surface area contributed by atoms with E-state index >= 15 is 0 Å². The maximum Gasteiger partial charge on any atom is 0.238 e. The Morgan fingerprint density at radius 2 is 2.07 bits per heavy atom. The van der Waals surface area contributed by atoms with E-state index in [2.05, 4.69) is 15.3 Å². The second-order valence-electron chi connectivity index (χ2n) is 6.29. The van der Waals surface area contributed by atoms with E-state index in [4.69, 9.17) is 9.88 Å². The molecule has 2 unspecified atom stereocenters. The summed E-state index contributed by atoms with van der Waals surface area (Å²) in [6.45, 7) is 0.273. The number of nitrogens with zero attached hydrogens (tertiary/aromatic N) is 3. The summed E-state index contributed by atoms with van der Waals surface area (Å²) in [6.07, 6.45) is 3.52. The summed E-state index contributed by atoms with van der Waals surface area (Å²) < 4.78 is 28.2. The van der Waals surface area contributed by atoms with Crippen molar-refractivity contribution in [2.45, 2.75) is 30.3 Å². The molecule has 4 N–H and O–H groups in total. The summed E-state index contributed by atoms with van der Waals surface area (Å²) in [7, 11) is -3.76. The van der Waals surface area contributed by atoms with Crippen molar-refractivity contribution in [3.05, 3.63) is 36.0 Å². The van der Waals surface area contributed by atoms with Crippen molar-refractivity contribution in [1.29, 1.82) is 5.26 Å². The molecule has 2 aromatic rings. The van der Waals surface area contributed by atoms with E-state index in [9.17, 15) is 18.8 Å². The first-order chi connectivity index (χ1) is 12.9. The van der Waals surface area contributed by atoms with Crippen LogP contribution in [-0.2, 0) is 10.0 Å². The number of benzene rings is 1. The second-order valence-corrected chi connectivity index (χ2v) is 7.85. The fourth-order valence-corrected chi connectivity index (χ4v) is 3.38. The number of nitrogens with two attached hydrogens (primary N) is 1. The normalized spacial score (nSPS) is 19.4. The zero-order valence-corrected chi connectivity index (χ0v) is 15.2. The van der Waals surface area contributed by atoms with Gasteiger partial charge in [0.2, 0.25) is 21.9 Å². The molecule has 1 aromatic heterocycles. The van der Waals surface area contributed by atoms with E-state index < -0.39 is 16.1 Å². The van der Waals surface area contributed by atoms with Crippen LogP contribution >= 0.6 is 0 Å². The Morgan fingerprint density at radius 1 is 1.33 bits per heavy atom. The van der Waals surface area contributed by atoms with Crippen LogP contribution < -0.4 is 15.2 Å². The Balaban J connectivity index is 1.73. The molecule has 0 bridgehead atoms. The van der Waals surface area contributed by atoms with Gasteiger partial charge < -0.3 is 15.2 Å². The molecule has 27 heavy (non-hydrogen) atoms. The number of aliphatic hydroxyl groups excluding tert-OH is 1. The molecule has 10 heteroatoms. The van der Waals surface area contributed by atoms with E-state index in [1.54, 1.807) is 0 Å². The number of hydrogen-bond donors (Lipinski definition) is 3. The van der Waals surface area contributed by atoms with E-state index in [-0.39, 0.29) is 34.8 Å². The Kier molecular flexibility index (Phi) is 5.55. The molecular weight excluding hydrogens is 370 g/mol. The van der Waals surface area contributed by atoms with Gasteiger partial charge in [-0.1, -0.05) is 6.42 Å². The number of rotatable bonds is 6. The number of aliphatic hydroxyl groups is 1. The number of ether oxygens (including phenoxy) is 1. The fraction of sp³-hybridized carbons (Fsp3) is 0.353. The highest BCUT2D eigenvalue weighted by Crippen LogP contribution is 2.27. The average molecular weight is 389 g/mol. The summed E-state index contributed by atoms with van der Waals surface area (Å²) in [5.74, 6) is 0.350. The molecular formula is C17H19N5O4S. The third kappa shape index (κ3) is 4.71. The van der Waals surface area contributed by atoms with Gasteiger partial charge in [-0.2, -0.15) is 10.2 Å². The zero-order valence-electron chi connectivity index (χ0n) is 14.4. The first kappa shape index (κ1) is 19.0. The summed E-state index contributed by atoms with van der Waals surface area (Å²) >= 11 is 0. The van der Waals surface area contributed by atoms with Gasteiger partial charge in [-0.3, -0.25) is 0 Å². The van der Waals surface area contributed by atoms with Crippen LogP contribution in [0.1, 0.15) is 24.8 Å². The van der Waals surface area contributed by atoms with Crippen molar-refractivity contribution in [2.24, 2.45) is 11.1 Å². The SMILES string of the molecule is N#Cc1cnc(Nc2ccc(S(N)(=O)=O)cc2)nc1OCC1CCCC1O. The molecule has 2 atom stereocenters. The number of nitriles is 1. The molecule has 1 saturated carbocycles. The van der Waals surface area contributed by atoms with Gasteiger partial charge in [0.25, 0.3) is 0 Å². The molecule has 0 radical (unpaired) electrons. The summed E-state index contributed by atoms with van der Waals surface area (Å²) in [6, 6.07) is 7.75. The van der Waals surface area contributed by atoms with E-state index in [0.717, 1.165) is 19.3 Å². The van der Waals surface area contributed by atoms with Gasteiger partial charge in [-0.15, -0.1) is 0 Å². The quantitative estimate of drug-likeness (QED) is 0.668. The predicted molar refractivity (Wildman–Crippen MR) is 96.7 cm³/mol. The Labute approximate surface area is 156 Å². The third-order valence-electron chi connectivity index (χ3n) is 4.37. The smallest absolute Gasteiger partial charge is 0.238 e. The first-order valence-corrected chi connectivity index (χ1v) is 9.89. The number of aromatic nitrogens is 2. The highest BCUT2D eigenvalue weighted by Gasteiger charge is 2.26. The van der Waals surface area contributed by atoms with Crippen LogP contribution in [0.4, 0.5) is 11.6 Å². The first-order valence-electron chi connectivity index (χ1n) is 8.34. The van der Waals surface area contributed by atoms with E-state index in [1.165, 1.54) is 30.5 Å². The molecule has 1 aliphatic rings. The Hall–Kier alpha value is -2.74. The lowest BCUT2D eigenvalue weighted by molar-refractivity contribution is 0.0969. The van der Waals surface area contributed by atoms with E-state index in [0.29, 0.717) is 5.69 Å². The van der Waals surface area contributed by atoms with Crippen LogP contribution in [0.15, 0.2) is 35.4 Å². The molecule has 1 aliphatic carbocycles. The molecule has 1 heterocycles. The van der Waals surface area contributed by atoms with Gasteiger partial charge in [-0.25, -0.2) is 18.5 Å². The second kappa shape index (κ2) is 7.87. The van der Waals surface area contributed by atoms with Crippen molar-refractivity contribution in [3.8, 4) is 11.9 Å². The minimum absolute atomic E-state index is 0.00654. The zero-order chi connectivity index (χ0) is 19.4. The molecule has 3 rings (SSSR count). The molecule has 142 valence electrons. The van der Waals surface area contributed by atoms with Gasteiger partial charge in [0.15, 0.2) is 0 Å². The van der Waals surface area contributed by atoms with Crippen LogP contribution in [0.5, 0.6) is 5.88 Å². The molecule has 1 aromatic carbocycles. The predicted octanol–water partition coefficient (Wildman–Crippen LogP) is 1.28. The Bertz CT molecular complexity index is 956. The molecule has 0 spiro atoms. The number of primary sulfonamides is 1. The van der Waals surface area contributed by atoms with Crippen LogP contribution in [0.2, 0.25) is 0 Å². The maximum absolute atomic E-state index is 11.3.